The molecule has 0 bridgehead atoms. The molecule has 6 aromatic rings. The molecule has 7 N–H and O–H groups in total. The van der Waals surface area contributed by atoms with Gasteiger partial charge in [0.05, 0.1) is 47.7 Å². The molecule has 0 unspecified atom stereocenters. The molecular weight excluding hydrogens is 1240 g/mol. The van der Waals surface area contributed by atoms with E-state index in [1.165, 1.54) is 18.2 Å². The van der Waals surface area contributed by atoms with Gasteiger partial charge in [0.25, 0.3) is 11.8 Å². The number of hydrogen-bond donors (Lipinski definition) is 7. The lowest BCUT2D eigenvalue weighted by atomic mass is 10.1. The number of phosphoric ester groups is 2. The van der Waals surface area contributed by atoms with Crippen molar-refractivity contribution >= 4 is 82.1 Å². The van der Waals surface area contributed by atoms with E-state index in [4.69, 9.17) is 51.7 Å². The van der Waals surface area contributed by atoms with E-state index >= 15 is 4.39 Å². The Bertz CT molecular complexity index is 3540. The summed E-state index contributed by atoms with van der Waals surface area (Å²) in [5.41, 5.74) is 1.15. The molecule has 2 fully saturated rings. The number of benzene rings is 6. The van der Waals surface area contributed by atoms with E-state index in [0.29, 0.717) is 15.4 Å². The van der Waals surface area contributed by atoms with Crippen LogP contribution in [0.5, 0.6) is 0 Å². The van der Waals surface area contributed by atoms with Gasteiger partial charge in [-0.3, -0.25) is 27.7 Å². The Morgan fingerprint density at radius 3 is 1.29 bits per heavy atom. The van der Waals surface area contributed by atoms with E-state index in [0.717, 1.165) is 66.0 Å². The predicted molar refractivity (Wildman–Crippen MR) is 300 cm³/mol. The minimum atomic E-state index is -4.96. The number of anilines is 2. The first kappa shape index (κ1) is 67.6. The van der Waals surface area contributed by atoms with Crippen LogP contribution in [0.4, 0.5) is 28.9 Å². The number of phosphoric acid groups is 2. The van der Waals surface area contributed by atoms with Crippen molar-refractivity contribution in [2.75, 3.05) is 43.9 Å². The minimum Gasteiger partial charge on any atom is -0.400 e. The van der Waals surface area contributed by atoms with Crippen LogP contribution in [0.1, 0.15) is 57.5 Å². The van der Waals surface area contributed by atoms with Crippen molar-refractivity contribution in [3.05, 3.63) is 189 Å². The van der Waals surface area contributed by atoms with Gasteiger partial charge in [0.1, 0.15) is 33.1 Å². The summed E-state index contributed by atoms with van der Waals surface area (Å²) in [7, 11) is -17.7. The van der Waals surface area contributed by atoms with Crippen LogP contribution < -0.4 is 10.6 Å². The zero-order valence-electron chi connectivity index (χ0n) is 44.1. The quantitative estimate of drug-likeness (QED) is 0.0312. The Hall–Kier alpha value is -5.52. The summed E-state index contributed by atoms with van der Waals surface area (Å²) in [6.45, 7) is -2.16. The second kappa shape index (κ2) is 30.2. The summed E-state index contributed by atoms with van der Waals surface area (Å²) >= 11 is 11.5. The molecule has 31 heteroatoms. The maximum Gasteiger partial charge on any atom is 0.475 e. The van der Waals surface area contributed by atoms with Gasteiger partial charge in [-0.1, -0.05) is 83.9 Å². The monoisotopic (exact) mass is 1290 g/mol. The number of β-amino-alcohol motifs (C(OH)–C–C–N with tert-alkyl or cyclic N) is 2. The topological polar surface area (TPSA) is 305 Å². The molecule has 6 aromatic carbocycles. The minimum absolute atomic E-state index is 0.0121. The first-order valence-electron chi connectivity index (χ1n) is 25.0. The Kier molecular flexibility index (Phi) is 24.3. The molecular formula is C53H56Cl2F4N4O17P2S2. The predicted octanol–water partition coefficient (Wildman–Crippen LogP) is 9.05. The summed E-state index contributed by atoms with van der Waals surface area (Å²) < 4.78 is 159. The molecule has 2 saturated heterocycles. The highest BCUT2D eigenvalue weighted by atomic mass is 35.5. The number of carbonyl (C=O) groups excluding carboxylic acids is 2. The molecule has 0 radical (unpaired) electrons. The van der Waals surface area contributed by atoms with Crippen LogP contribution in [0.2, 0.25) is 10.0 Å². The van der Waals surface area contributed by atoms with Crippen molar-refractivity contribution in [1.29, 1.82) is 0 Å². The molecule has 8 rings (SSSR count). The average Bonchev–Trinajstić information content (AvgIpc) is 2.90. The van der Waals surface area contributed by atoms with Gasteiger partial charge in [-0.2, -0.15) is 8.61 Å². The van der Waals surface area contributed by atoms with E-state index in [2.05, 4.69) is 15.2 Å². The van der Waals surface area contributed by atoms with Crippen molar-refractivity contribution in [2.45, 2.75) is 73.1 Å². The number of carbonyl (C=O) groups is 2. The summed E-state index contributed by atoms with van der Waals surface area (Å²) in [6, 6.07) is 29.9. The van der Waals surface area contributed by atoms with Crippen molar-refractivity contribution < 1.29 is 96.3 Å². The van der Waals surface area contributed by atoms with Crippen LogP contribution in [-0.2, 0) is 60.5 Å². The zero-order chi connectivity index (χ0) is 61.6. The molecule has 0 saturated carbocycles. The van der Waals surface area contributed by atoms with Gasteiger partial charge in [0.2, 0.25) is 20.0 Å². The van der Waals surface area contributed by atoms with Gasteiger partial charge in [-0.05, 0) is 110 Å². The third-order valence-corrected chi connectivity index (χ3v) is 18.6. The first-order chi connectivity index (χ1) is 39.7. The van der Waals surface area contributed by atoms with E-state index in [9.17, 15) is 58.9 Å². The maximum atomic E-state index is 15.1. The third kappa shape index (κ3) is 19.2. The number of nitrogens with zero attached hydrogens (tertiary/aromatic N) is 2. The second-order valence-corrected chi connectivity index (χ2v) is 25.9. The van der Waals surface area contributed by atoms with Crippen LogP contribution >= 0.6 is 38.8 Å². The highest BCUT2D eigenvalue weighted by molar-refractivity contribution is 7.89. The van der Waals surface area contributed by atoms with E-state index in [-0.39, 0.29) is 71.4 Å². The number of aliphatic hydroxyl groups excluding tert-OH is 3. The van der Waals surface area contributed by atoms with Crippen LogP contribution in [-0.4, -0.2) is 120 Å². The average molecular weight is 1290 g/mol. The highest BCUT2D eigenvalue weighted by Gasteiger charge is 2.40. The van der Waals surface area contributed by atoms with Crippen molar-refractivity contribution in [3.8, 4) is 0 Å². The Balaban J connectivity index is 0.000000277. The van der Waals surface area contributed by atoms with Gasteiger partial charge in [0.15, 0.2) is 0 Å². The Labute approximate surface area is 490 Å². The number of hydrogen-bond acceptors (Lipinski definition) is 15. The standard InChI is InChI=1S/C33H32ClF2N2O8PS.C19H20ClF2N2O8PS.CH4O/c34-29-18-26(12-16-30(29)35)37-33(40)25-11-15-31(36)32(17-25)48(42,43)38-19-27(39)13-14-28(20-38)46-47(41,44-21-23-7-3-1-4-8-23)45-22-24-9-5-2-6-10-24;20-15-8-12(2-6-16(15)21)23-19(26)11-1-5-17(22)18(7-11)34(30,31)24-9-13(25)3-4-14(10-24)32-33(27,28)29;1-2/h1-12,15-18,27-28,39H,13-14,19-22H2,(H,37,40);1-2,5-8,13-14,25H,3-4,9-10H2,(H,23,26)(H2,27,28,29);2H,1H3/t27-,28+;13-,14+;/m11./s1. The first-order valence-corrected chi connectivity index (χ1v) is 31.6. The molecule has 4 atom stereocenters. The molecule has 21 nitrogen and oxygen atoms in total. The Morgan fingerprint density at radius 2 is 0.917 bits per heavy atom. The van der Waals surface area contributed by atoms with Crippen molar-refractivity contribution in [3.63, 3.8) is 0 Å². The van der Waals surface area contributed by atoms with Crippen LogP contribution in [0.15, 0.2) is 143 Å². The summed E-state index contributed by atoms with van der Waals surface area (Å²) in [5.74, 6) is -5.39. The molecule has 2 aliphatic heterocycles. The van der Waals surface area contributed by atoms with Gasteiger partial charge in [0, 0.05) is 55.8 Å². The molecule has 454 valence electrons. The molecule has 2 amide bonds. The summed E-state index contributed by atoms with van der Waals surface area (Å²) in [6.07, 6.45) is -4.63. The van der Waals surface area contributed by atoms with Crippen LogP contribution in [0.3, 0.4) is 0 Å². The van der Waals surface area contributed by atoms with Crippen molar-refractivity contribution in [2.24, 2.45) is 0 Å². The largest absolute Gasteiger partial charge is 0.475 e. The number of amides is 2. The van der Waals surface area contributed by atoms with E-state index < -0.39 is 131 Å². The zero-order valence-corrected chi connectivity index (χ0v) is 49.0. The fourth-order valence-corrected chi connectivity index (χ4v) is 13.7. The molecule has 84 heavy (non-hydrogen) atoms. The van der Waals surface area contributed by atoms with Crippen LogP contribution in [0, 0.1) is 23.3 Å². The number of nitrogens with one attached hydrogen (secondary N) is 2. The lowest BCUT2D eigenvalue weighted by Crippen LogP contribution is -2.40. The number of sulfonamides is 2. The Morgan fingerprint density at radius 1 is 0.548 bits per heavy atom. The van der Waals surface area contributed by atoms with E-state index in [1.807, 2.05) is 12.1 Å². The number of rotatable bonds is 18. The molecule has 2 heterocycles. The van der Waals surface area contributed by atoms with E-state index in [1.54, 1.807) is 48.5 Å². The third-order valence-electron chi connectivity index (χ3n) is 12.3. The fraction of sp³-hybridized carbons (Fsp3) is 0.283. The lowest BCUT2D eigenvalue weighted by molar-refractivity contribution is 0.0617. The number of halogens is 6. The molecule has 0 aliphatic carbocycles. The van der Waals surface area contributed by atoms with Gasteiger partial charge in [-0.15, -0.1) is 0 Å². The normalized spacial score (nSPS) is 18.2. The molecule has 0 aromatic heterocycles. The smallest absolute Gasteiger partial charge is 0.400 e. The maximum absolute atomic E-state index is 15.1. The lowest BCUT2D eigenvalue weighted by Gasteiger charge is -2.27. The van der Waals surface area contributed by atoms with Gasteiger partial charge < -0.3 is 35.7 Å². The summed E-state index contributed by atoms with van der Waals surface area (Å²) in [4.78, 5) is 41.9. The fourth-order valence-electron chi connectivity index (χ4n) is 8.21. The molecule has 0 spiro atoms. The molecule has 2 aliphatic rings. The number of aliphatic hydroxyl groups is 3. The summed E-state index contributed by atoms with van der Waals surface area (Å²) in [5, 5.41) is 32.0. The SMILES string of the molecule is CO.O=C(Nc1ccc(F)c(Cl)c1)c1ccc(F)c(S(=O)(=O)N2C[C@H](O)CC[C@H](OP(=O)(O)O)C2)c1.O=C(Nc1ccc(F)c(Cl)c1)c1ccc(F)c(S(=O)(=O)N2C[C@H](O)CC[C@H](OP(=O)(OCc3ccccc3)OCc3ccccc3)C2)c1. The van der Waals surface area contributed by atoms with Gasteiger partial charge in [-0.25, -0.2) is 43.5 Å². The van der Waals surface area contributed by atoms with Crippen molar-refractivity contribution in [1.82, 2.24) is 8.61 Å². The van der Waals surface area contributed by atoms with Gasteiger partial charge >= 0.3 is 15.6 Å². The highest BCUT2D eigenvalue weighted by Crippen LogP contribution is 2.53. The second-order valence-electron chi connectivity index (χ2n) is 18.5. The van der Waals surface area contributed by atoms with Crippen LogP contribution in [0.25, 0.3) is 0 Å².